The number of carbonyl (C=O) groups is 2. The summed E-state index contributed by atoms with van der Waals surface area (Å²) in [5, 5.41) is 7.83. The lowest BCUT2D eigenvalue weighted by Crippen LogP contribution is -2.41. The van der Waals surface area contributed by atoms with Gasteiger partial charge in [-0.1, -0.05) is 20.8 Å². The van der Waals surface area contributed by atoms with Gasteiger partial charge < -0.3 is 10.2 Å². The van der Waals surface area contributed by atoms with Crippen molar-refractivity contribution in [3.05, 3.63) is 47.4 Å². The van der Waals surface area contributed by atoms with Crippen molar-refractivity contribution in [3.63, 3.8) is 0 Å². The van der Waals surface area contributed by atoms with Crippen LogP contribution in [0.1, 0.15) is 70.4 Å². The lowest BCUT2D eigenvalue weighted by atomic mass is 9.92. The summed E-state index contributed by atoms with van der Waals surface area (Å²) in [5.74, 6) is 0.00110. The fraction of sp³-hybridized carbons (Fsp3) is 0.542. The van der Waals surface area contributed by atoms with Gasteiger partial charge in [0.15, 0.2) is 0 Å². The number of nitrogens with zero attached hydrogens (tertiary/aromatic N) is 3. The van der Waals surface area contributed by atoms with Gasteiger partial charge >= 0.3 is 0 Å². The summed E-state index contributed by atoms with van der Waals surface area (Å²) in [4.78, 5) is 27.3. The van der Waals surface area contributed by atoms with E-state index in [0.717, 1.165) is 5.69 Å². The third-order valence-electron chi connectivity index (χ3n) is 5.61. The molecule has 0 saturated carbocycles. The van der Waals surface area contributed by atoms with E-state index in [9.17, 15) is 14.0 Å². The van der Waals surface area contributed by atoms with Crippen LogP contribution in [0.2, 0.25) is 0 Å². The molecule has 2 amide bonds. The monoisotopic (exact) mass is 428 g/mol. The van der Waals surface area contributed by atoms with Crippen molar-refractivity contribution < 1.29 is 14.0 Å². The Balaban J connectivity index is 1.66. The van der Waals surface area contributed by atoms with Gasteiger partial charge in [0.25, 0.3) is 5.91 Å². The molecule has 0 aliphatic carbocycles. The second kappa shape index (κ2) is 8.44. The minimum Gasteiger partial charge on any atom is -0.339 e. The first kappa shape index (κ1) is 23.0. The number of hydrogen-bond donors (Lipinski definition) is 1. The van der Waals surface area contributed by atoms with Gasteiger partial charge in [0.2, 0.25) is 5.91 Å². The van der Waals surface area contributed by atoms with E-state index in [2.05, 4.69) is 46.9 Å². The fourth-order valence-corrected chi connectivity index (χ4v) is 3.70. The van der Waals surface area contributed by atoms with Gasteiger partial charge in [-0.2, -0.15) is 5.10 Å². The summed E-state index contributed by atoms with van der Waals surface area (Å²) >= 11 is 0. The largest absolute Gasteiger partial charge is 0.339 e. The van der Waals surface area contributed by atoms with Gasteiger partial charge in [-0.3, -0.25) is 9.59 Å². The Morgan fingerprint density at radius 2 is 1.61 bits per heavy atom. The van der Waals surface area contributed by atoms with Crippen molar-refractivity contribution in [2.75, 3.05) is 18.4 Å². The molecule has 2 heterocycles. The lowest BCUT2D eigenvalue weighted by Gasteiger charge is -2.31. The van der Waals surface area contributed by atoms with Crippen LogP contribution < -0.4 is 5.32 Å². The molecule has 1 aromatic carbocycles. The minimum atomic E-state index is -0.365. The molecule has 1 aliphatic rings. The number of aromatic nitrogens is 2. The van der Waals surface area contributed by atoms with E-state index in [1.807, 2.05) is 10.7 Å². The van der Waals surface area contributed by atoms with Crippen LogP contribution in [0.4, 0.5) is 10.2 Å². The van der Waals surface area contributed by atoms with E-state index in [1.54, 1.807) is 4.90 Å². The summed E-state index contributed by atoms with van der Waals surface area (Å²) < 4.78 is 15.0. The first-order valence-corrected chi connectivity index (χ1v) is 10.8. The fourth-order valence-electron chi connectivity index (χ4n) is 3.70. The Hall–Kier alpha value is -2.70. The van der Waals surface area contributed by atoms with E-state index >= 15 is 0 Å². The highest BCUT2D eigenvalue weighted by atomic mass is 19.1. The number of amides is 2. The number of nitrogens with one attached hydrogen (secondary N) is 1. The van der Waals surface area contributed by atoms with Crippen LogP contribution in [-0.4, -0.2) is 39.6 Å². The van der Waals surface area contributed by atoms with Crippen LogP contribution in [0.15, 0.2) is 30.3 Å². The second-order valence-electron chi connectivity index (χ2n) is 10.3. The number of carbonyl (C=O) groups excluding carboxylic acids is 2. The van der Waals surface area contributed by atoms with Gasteiger partial charge in [0, 0.05) is 36.1 Å². The molecule has 1 aliphatic heterocycles. The van der Waals surface area contributed by atoms with E-state index in [4.69, 9.17) is 5.10 Å². The van der Waals surface area contributed by atoms with Crippen molar-refractivity contribution in [1.82, 2.24) is 14.7 Å². The zero-order valence-electron chi connectivity index (χ0n) is 19.3. The van der Waals surface area contributed by atoms with E-state index in [-0.39, 0.29) is 34.5 Å². The molecule has 0 radical (unpaired) electrons. The molecule has 0 unspecified atom stereocenters. The maximum Gasteiger partial charge on any atom is 0.253 e. The highest BCUT2D eigenvalue weighted by Crippen LogP contribution is 2.29. The SMILES string of the molecule is CC(C)(C)c1cc(NC(=O)C2CCN(C(=O)c3ccc(F)cc3)CC2)n(C(C)(C)C)n1. The molecule has 0 atom stereocenters. The third-order valence-corrected chi connectivity index (χ3v) is 5.61. The predicted octanol–water partition coefficient (Wildman–Crippen LogP) is 4.57. The molecular weight excluding hydrogens is 395 g/mol. The Kier molecular flexibility index (Phi) is 6.25. The molecule has 1 N–H and O–H groups in total. The molecule has 0 bridgehead atoms. The lowest BCUT2D eigenvalue weighted by molar-refractivity contribution is -0.121. The molecular formula is C24H33FN4O2. The van der Waals surface area contributed by atoms with E-state index < -0.39 is 0 Å². The van der Waals surface area contributed by atoms with E-state index in [0.29, 0.717) is 37.3 Å². The first-order chi connectivity index (χ1) is 14.4. The quantitative estimate of drug-likeness (QED) is 0.779. The topological polar surface area (TPSA) is 67.2 Å². The Bertz CT molecular complexity index is 943. The molecule has 1 aromatic heterocycles. The van der Waals surface area contributed by atoms with Crippen molar-refractivity contribution in [2.24, 2.45) is 5.92 Å². The number of benzene rings is 1. The number of anilines is 1. The summed E-state index contributed by atoms with van der Waals surface area (Å²) in [6, 6.07) is 7.53. The summed E-state index contributed by atoms with van der Waals surface area (Å²) in [6.07, 6.45) is 1.18. The standard InChI is InChI=1S/C24H33FN4O2/c1-23(2,3)19-15-20(29(27-19)24(4,5)6)26-21(30)16-11-13-28(14-12-16)22(31)17-7-9-18(25)10-8-17/h7-10,15-16H,11-14H2,1-6H3,(H,26,30). The third kappa shape index (κ3) is 5.32. The average Bonchev–Trinajstić information content (AvgIpc) is 3.13. The zero-order chi connectivity index (χ0) is 23.0. The van der Waals surface area contributed by atoms with Gasteiger partial charge in [-0.25, -0.2) is 9.07 Å². The highest BCUT2D eigenvalue weighted by molar-refractivity contribution is 5.95. The van der Waals surface area contributed by atoms with Crippen LogP contribution in [0.5, 0.6) is 0 Å². The summed E-state index contributed by atoms with van der Waals surface area (Å²) in [6.45, 7) is 13.5. The molecule has 0 spiro atoms. The molecule has 3 rings (SSSR count). The molecule has 1 fully saturated rings. The maximum atomic E-state index is 13.1. The van der Waals surface area contributed by atoms with Crippen molar-refractivity contribution in [1.29, 1.82) is 0 Å². The van der Waals surface area contributed by atoms with Gasteiger partial charge in [0.1, 0.15) is 11.6 Å². The van der Waals surface area contributed by atoms with Crippen LogP contribution in [-0.2, 0) is 15.7 Å². The number of rotatable bonds is 3. The van der Waals surface area contributed by atoms with Crippen LogP contribution >= 0.6 is 0 Å². The van der Waals surface area contributed by atoms with Gasteiger partial charge in [0.05, 0.1) is 11.2 Å². The van der Waals surface area contributed by atoms with Crippen molar-refractivity contribution >= 4 is 17.6 Å². The van der Waals surface area contributed by atoms with Crippen molar-refractivity contribution in [3.8, 4) is 0 Å². The van der Waals surface area contributed by atoms with Gasteiger partial charge in [-0.15, -0.1) is 0 Å². The van der Waals surface area contributed by atoms with Crippen LogP contribution in [0.25, 0.3) is 0 Å². The molecule has 31 heavy (non-hydrogen) atoms. The molecule has 168 valence electrons. The van der Waals surface area contributed by atoms with Crippen LogP contribution in [0.3, 0.4) is 0 Å². The first-order valence-electron chi connectivity index (χ1n) is 10.8. The summed E-state index contributed by atoms with van der Waals surface area (Å²) in [5.41, 5.74) is 1.00. The zero-order valence-corrected chi connectivity index (χ0v) is 19.3. The second-order valence-corrected chi connectivity index (χ2v) is 10.3. The number of piperidine rings is 1. The number of halogens is 1. The van der Waals surface area contributed by atoms with E-state index in [1.165, 1.54) is 24.3 Å². The van der Waals surface area contributed by atoms with Crippen molar-refractivity contribution in [2.45, 2.75) is 65.3 Å². The Morgan fingerprint density at radius 1 is 1.03 bits per heavy atom. The number of hydrogen-bond acceptors (Lipinski definition) is 3. The Morgan fingerprint density at radius 3 is 2.13 bits per heavy atom. The van der Waals surface area contributed by atoms with Gasteiger partial charge in [-0.05, 0) is 57.9 Å². The maximum absolute atomic E-state index is 13.1. The minimum absolute atomic E-state index is 0.0419. The predicted molar refractivity (Wildman–Crippen MR) is 120 cm³/mol. The normalized spacial score (nSPS) is 15.8. The highest BCUT2D eigenvalue weighted by Gasteiger charge is 2.30. The molecule has 1 saturated heterocycles. The summed E-state index contributed by atoms with van der Waals surface area (Å²) in [7, 11) is 0. The number of likely N-dealkylation sites (tertiary alicyclic amines) is 1. The smallest absolute Gasteiger partial charge is 0.253 e. The molecule has 7 heteroatoms. The average molecular weight is 429 g/mol. The van der Waals surface area contributed by atoms with Crippen LogP contribution in [0, 0.1) is 11.7 Å². The molecule has 2 aromatic rings. The Labute approximate surface area is 183 Å². The molecule has 6 nitrogen and oxygen atoms in total.